The zero-order valence-corrected chi connectivity index (χ0v) is 26.7. The Morgan fingerprint density at radius 3 is 2.42 bits per heavy atom. The maximum Gasteiger partial charge on any atom is 0.343 e. The fraction of sp³-hybridized carbons (Fsp3) is 0.333. The van der Waals surface area contributed by atoms with E-state index in [1.165, 1.54) is 12.8 Å². The Kier molecular flexibility index (Phi) is 11.1. The van der Waals surface area contributed by atoms with Gasteiger partial charge in [-0.05, 0) is 36.8 Å². The fourth-order valence-electron chi connectivity index (χ4n) is 5.58. The normalized spacial score (nSPS) is 16.8. The number of esters is 2. The van der Waals surface area contributed by atoms with Crippen LogP contribution < -0.4 is 9.47 Å². The molecule has 2 unspecified atom stereocenters. The molecule has 9 heteroatoms. The molecule has 1 aromatic heterocycles. The maximum atomic E-state index is 13.6. The van der Waals surface area contributed by atoms with Crippen molar-refractivity contribution in [2.24, 2.45) is 0 Å². The summed E-state index contributed by atoms with van der Waals surface area (Å²) in [5, 5.41) is 0. The van der Waals surface area contributed by atoms with Gasteiger partial charge in [0, 0.05) is 17.6 Å². The molecule has 0 bridgehead atoms. The van der Waals surface area contributed by atoms with E-state index in [1.54, 1.807) is 42.5 Å². The van der Waals surface area contributed by atoms with Gasteiger partial charge in [-0.3, -0.25) is 9.28 Å². The van der Waals surface area contributed by atoms with Crippen LogP contribution in [0.15, 0.2) is 91.0 Å². The molecule has 5 rings (SSSR count). The van der Waals surface area contributed by atoms with Crippen LogP contribution >= 0.6 is 11.7 Å². The Bertz CT molecular complexity index is 1590. The quantitative estimate of drug-likeness (QED) is 0.0622. The van der Waals surface area contributed by atoms with Gasteiger partial charge >= 0.3 is 11.9 Å². The van der Waals surface area contributed by atoms with Gasteiger partial charge in [0.25, 0.3) is 12.1 Å². The second kappa shape index (κ2) is 15.6. The summed E-state index contributed by atoms with van der Waals surface area (Å²) in [6.45, 7) is 4.17. The van der Waals surface area contributed by atoms with Gasteiger partial charge in [-0.15, -0.1) is 4.37 Å². The topological polar surface area (TPSA) is 87.6 Å². The molecule has 2 atom stereocenters. The molecule has 0 amide bonds. The van der Waals surface area contributed by atoms with Crippen LogP contribution in [0.2, 0.25) is 0 Å². The monoisotopic (exact) mass is 626 g/mol. The van der Waals surface area contributed by atoms with E-state index in [4.69, 9.17) is 14.2 Å². The first-order valence-electron chi connectivity index (χ1n) is 15.6. The molecule has 0 saturated carbocycles. The molecule has 0 fully saturated rings. The molecule has 0 aliphatic carbocycles. The molecule has 3 aromatic carbocycles. The predicted molar refractivity (Wildman–Crippen MR) is 175 cm³/mol. The van der Waals surface area contributed by atoms with Crippen molar-refractivity contribution >= 4 is 29.2 Å². The number of carbonyl (C=O) groups is 2. The van der Waals surface area contributed by atoms with Gasteiger partial charge < -0.3 is 14.2 Å². The van der Waals surface area contributed by atoms with E-state index >= 15 is 0 Å². The molecular weight excluding hydrogens is 586 g/mol. The van der Waals surface area contributed by atoms with Gasteiger partial charge in [0.2, 0.25) is 0 Å². The number of aromatic nitrogens is 2. The van der Waals surface area contributed by atoms with Crippen molar-refractivity contribution < 1.29 is 28.3 Å². The number of quaternary nitrogens is 1. The van der Waals surface area contributed by atoms with E-state index in [0.29, 0.717) is 40.4 Å². The average Bonchev–Trinajstić information content (AvgIpc) is 3.54. The SMILES string of the molecule is CCCCCCOc1nsnc1C1=CCC[N+](C)(C(OC(=O)Cc2ccccc2OC(=O)c2ccccc2)c2ccccc2)C1. The van der Waals surface area contributed by atoms with E-state index in [1.807, 2.05) is 42.5 Å². The second-order valence-corrected chi connectivity index (χ2v) is 12.0. The third kappa shape index (κ3) is 8.44. The van der Waals surface area contributed by atoms with Crippen LogP contribution in [-0.4, -0.2) is 51.9 Å². The molecule has 4 aromatic rings. The van der Waals surface area contributed by atoms with Crippen molar-refractivity contribution in [3.63, 3.8) is 0 Å². The summed E-state index contributed by atoms with van der Waals surface area (Å²) in [4.78, 5) is 26.4. The predicted octanol–water partition coefficient (Wildman–Crippen LogP) is 7.43. The van der Waals surface area contributed by atoms with Crippen LogP contribution in [0.25, 0.3) is 5.57 Å². The molecule has 0 N–H and O–H groups in total. The minimum Gasteiger partial charge on any atom is -0.475 e. The lowest BCUT2D eigenvalue weighted by molar-refractivity contribution is -0.953. The molecular formula is C36H40N3O5S+. The van der Waals surface area contributed by atoms with Crippen LogP contribution in [0.1, 0.15) is 72.4 Å². The fourth-order valence-corrected chi connectivity index (χ4v) is 6.12. The highest BCUT2D eigenvalue weighted by atomic mass is 32.1. The standard InChI is InChI=1S/C36H40N3O5S/c1-3-4-5-14-24-42-34-33(37-45-38-34)30-21-15-23-39(2,26-30)35(27-16-8-6-9-17-27)44-32(40)25-29-20-12-13-22-31(29)43-36(41)28-18-10-7-11-19-28/h6-13,16-22,35H,3-5,14-15,23-26H2,1-2H3/q+1. The molecule has 0 radical (unpaired) electrons. The third-order valence-electron chi connectivity index (χ3n) is 7.97. The second-order valence-electron chi connectivity index (χ2n) is 11.5. The Labute approximate surface area is 269 Å². The number of carbonyl (C=O) groups excluding carboxylic acids is 2. The van der Waals surface area contributed by atoms with Crippen molar-refractivity contribution in [2.75, 3.05) is 26.7 Å². The van der Waals surface area contributed by atoms with E-state index < -0.39 is 18.2 Å². The third-order valence-corrected chi connectivity index (χ3v) is 8.49. The number of unbranched alkanes of at least 4 members (excludes halogenated alkanes) is 3. The Morgan fingerprint density at radius 2 is 1.64 bits per heavy atom. The number of hydrogen-bond donors (Lipinski definition) is 0. The number of hydrogen-bond acceptors (Lipinski definition) is 8. The smallest absolute Gasteiger partial charge is 0.343 e. The summed E-state index contributed by atoms with van der Waals surface area (Å²) in [5.41, 5.74) is 3.73. The molecule has 0 spiro atoms. The number of rotatable bonds is 14. The van der Waals surface area contributed by atoms with Crippen LogP contribution in [0.3, 0.4) is 0 Å². The van der Waals surface area contributed by atoms with Gasteiger partial charge in [-0.2, -0.15) is 4.37 Å². The zero-order valence-electron chi connectivity index (χ0n) is 25.9. The van der Waals surface area contributed by atoms with Crippen molar-refractivity contribution in [1.82, 2.24) is 8.75 Å². The molecule has 1 aliphatic heterocycles. The lowest BCUT2D eigenvalue weighted by Crippen LogP contribution is -2.51. The van der Waals surface area contributed by atoms with E-state index in [2.05, 4.69) is 28.8 Å². The summed E-state index contributed by atoms with van der Waals surface area (Å²) in [6, 6.07) is 25.7. The van der Waals surface area contributed by atoms with Crippen LogP contribution in [-0.2, 0) is 16.0 Å². The number of likely N-dealkylation sites (N-methyl/N-ethyl adjacent to an activating group) is 1. The van der Waals surface area contributed by atoms with E-state index in [9.17, 15) is 9.59 Å². The largest absolute Gasteiger partial charge is 0.475 e. The summed E-state index contributed by atoms with van der Waals surface area (Å²) >= 11 is 1.15. The Balaban J connectivity index is 1.32. The molecule has 1 aliphatic rings. The van der Waals surface area contributed by atoms with E-state index in [-0.39, 0.29) is 6.42 Å². The lowest BCUT2D eigenvalue weighted by Gasteiger charge is -2.42. The van der Waals surface area contributed by atoms with Gasteiger partial charge in [0.1, 0.15) is 18.0 Å². The van der Waals surface area contributed by atoms with Crippen LogP contribution in [0.5, 0.6) is 11.6 Å². The number of benzene rings is 3. The molecule has 2 heterocycles. The molecule has 45 heavy (non-hydrogen) atoms. The minimum absolute atomic E-state index is 0.0453. The molecule has 0 saturated heterocycles. The van der Waals surface area contributed by atoms with Crippen molar-refractivity contribution in [3.05, 3.63) is 113 Å². The van der Waals surface area contributed by atoms with Gasteiger partial charge in [0.15, 0.2) is 0 Å². The van der Waals surface area contributed by atoms with Gasteiger partial charge in [-0.25, -0.2) is 4.79 Å². The number of ether oxygens (including phenoxy) is 3. The molecule has 234 valence electrons. The first-order chi connectivity index (χ1) is 22.0. The Hall–Kier alpha value is -4.34. The zero-order chi connectivity index (χ0) is 31.5. The molecule has 8 nitrogen and oxygen atoms in total. The summed E-state index contributed by atoms with van der Waals surface area (Å²) in [6.07, 6.45) is 6.86. The van der Waals surface area contributed by atoms with Crippen molar-refractivity contribution in [1.29, 1.82) is 0 Å². The van der Waals surface area contributed by atoms with Gasteiger partial charge in [0.05, 0.1) is 49.5 Å². The summed E-state index contributed by atoms with van der Waals surface area (Å²) in [7, 11) is 2.11. The van der Waals surface area contributed by atoms with E-state index in [0.717, 1.165) is 54.4 Å². The summed E-state index contributed by atoms with van der Waals surface area (Å²) in [5.74, 6) is 0.0200. The van der Waals surface area contributed by atoms with Crippen LogP contribution in [0.4, 0.5) is 0 Å². The van der Waals surface area contributed by atoms with Crippen molar-refractivity contribution in [2.45, 2.75) is 51.7 Å². The van der Waals surface area contributed by atoms with Crippen LogP contribution in [0, 0.1) is 0 Å². The summed E-state index contributed by atoms with van der Waals surface area (Å²) < 4.78 is 27.6. The number of para-hydroxylation sites is 1. The Morgan fingerprint density at radius 1 is 0.911 bits per heavy atom. The average molecular weight is 627 g/mol. The highest BCUT2D eigenvalue weighted by molar-refractivity contribution is 6.99. The maximum absolute atomic E-state index is 13.6. The van der Waals surface area contributed by atoms with Crippen molar-refractivity contribution in [3.8, 4) is 11.6 Å². The number of nitrogens with zero attached hydrogens (tertiary/aromatic N) is 3. The first kappa shape index (κ1) is 32.1. The highest BCUT2D eigenvalue weighted by Gasteiger charge is 2.40. The first-order valence-corrected chi connectivity index (χ1v) is 16.3. The minimum atomic E-state index is -0.563. The lowest BCUT2D eigenvalue weighted by atomic mass is 10.0. The van der Waals surface area contributed by atoms with Gasteiger partial charge in [-0.1, -0.05) is 86.9 Å². The highest BCUT2D eigenvalue weighted by Crippen LogP contribution is 2.37.